The van der Waals surface area contributed by atoms with E-state index in [1.165, 1.54) is 0 Å². The summed E-state index contributed by atoms with van der Waals surface area (Å²) < 4.78 is 29.6. The highest BCUT2D eigenvalue weighted by atomic mass is 32.2. The number of rotatable bonds is 11. The Bertz CT molecular complexity index is 1660. The van der Waals surface area contributed by atoms with E-state index in [9.17, 15) is 13.2 Å². The van der Waals surface area contributed by atoms with Gasteiger partial charge in [-0.2, -0.15) is 0 Å². The van der Waals surface area contributed by atoms with Crippen LogP contribution in [0.25, 0.3) is 22.0 Å². The van der Waals surface area contributed by atoms with E-state index in [-0.39, 0.29) is 23.5 Å². The Morgan fingerprint density at radius 3 is 2.76 bits per heavy atom. The molecule has 0 spiro atoms. The Labute approximate surface area is 247 Å². The van der Waals surface area contributed by atoms with Gasteiger partial charge < -0.3 is 15.3 Å². The number of sulfonamides is 1. The Hall–Kier alpha value is -3.34. The maximum absolute atomic E-state index is 12.8. The van der Waals surface area contributed by atoms with Gasteiger partial charge in [0.2, 0.25) is 10.0 Å². The highest BCUT2D eigenvalue weighted by molar-refractivity contribution is 7.89. The highest BCUT2D eigenvalue weighted by Gasteiger charge is 2.33. The van der Waals surface area contributed by atoms with Crippen LogP contribution in [0.1, 0.15) is 56.0 Å². The smallest absolute Gasteiger partial charge is 0.214 e. The van der Waals surface area contributed by atoms with Crippen LogP contribution in [0.3, 0.4) is 0 Å². The quantitative estimate of drug-likeness (QED) is 0.237. The molecule has 2 atom stereocenters. The fourth-order valence-electron chi connectivity index (χ4n) is 5.91. The number of carbonyl (C=O) groups excluding carboxylic acids is 1. The first kappa shape index (κ1) is 29.2. The second kappa shape index (κ2) is 12.3. The van der Waals surface area contributed by atoms with E-state index < -0.39 is 10.0 Å². The number of carbonyl (C=O) groups is 1. The number of piperidine rings is 1. The summed E-state index contributed by atoms with van der Waals surface area (Å²) in [5, 5.41) is 1.10. The fourth-order valence-corrected chi connectivity index (χ4v) is 7.66. The Morgan fingerprint density at radius 2 is 2.05 bits per heavy atom. The van der Waals surface area contributed by atoms with Gasteiger partial charge in [-0.3, -0.25) is 4.79 Å². The first-order chi connectivity index (χ1) is 19.7. The lowest BCUT2D eigenvalue weighted by molar-refractivity contribution is -0.118. The van der Waals surface area contributed by atoms with Gasteiger partial charge in [-0.15, -0.1) is 0 Å². The van der Waals surface area contributed by atoms with Crippen molar-refractivity contribution in [2.24, 2.45) is 11.7 Å². The SMILES string of the molecule is CCCS(=O)(=O)N1CCC(n2cc(-c3cccc(C(N)=S)c3)c3ccc(CCC(=O)Cc4cnc[nH]4)cc32)C(C)C1. The van der Waals surface area contributed by atoms with Crippen molar-refractivity contribution in [2.45, 2.75) is 52.0 Å². The molecule has 1 saturated heterocycles. The summed E-state index contributed by atoms with van der Waals surface area (Å²) in [5.41, 5.74) is 11.9. The summed E-state index contributed by atoms with van der Waals surface area (Å²) in [7, 11) is -3.24. The zero-order valence-electron chi connectivity index (χ0n) is 23.5. The zero-order chi connectivity index (χ0) is 29.1. The molecule has 1 aliphatic heterocycles. The molecule has 8 nitrogen and oxygen atoms in total. The fraction of sp³-hybridized carbons (Fsp3) is 0.387. The van der Waals surface area contributed by atoms with E-state index in [4.69, 9.17) is 18.0 Å². The molecule has 4 aromatic rings. The normalized spacial score (nSPS) is 18.1. The third kappa shape index (κ3) is 6.45. The molecule has 3 heterocycles. The molecule has 0 bridgehead atoms. The van der Waals surface area contributed by atoms with Gasteiger partial charge in [0.1, 0.15) is 10.8 Å². The van der Waals surface area contributed by atoms with Gasteiger partial charge in [0.25, 0.3) is 0 Å². The molecule has 3 N–H and O–H groups in total. The van der Waals surface area contributed by atoms with Crippen molar-refractivity contribution >= 4 is 43.9 Å². The molecule has 0 aliphatic carbocycles. The first-order valence-electron chi connectivity index (χ1n) is 14.2. The number of aromatic nitrogens is 3. The first-order valence-corrected chi connectivity index (χ1v) is 16.2. The van der Waals surface area contributed by atoms with Crippen LogP contribution < -0.4 is 5.73 Å². The minimum absolute atomic E-state index is 0.126. The average Bonchev–Trinajstić information content (AvgIpc) is 3.59. The summed E-state index contributed by atoms with van der Waals surface area (Å²) in [5.74, 6) is 0.471. The van der Waals surface area contributed by atoms with Crippen LogP contribution in [-0.4, -0.2) is 56.9 Å². The Morgan fingerprint density at radius 1 is 1.22 bits per heavy atom. The van der Waals surface area contributed by atoms with Crippen LogP contribution in [0.15, 0.2) is 61.2 Å². The number of thiocarbonyl (C=S) groups is 1. The van der Waals surface area contributed by atoms with Crippen LogP contribution >= 0.6 is 12.2 Å². The number of hydrogen-bond acceptors (Lipinski definition) is 5. The van der Waals surface area contributed by atoms with Crippen molar-refractivity contribution in [3.63, 3.8) is 0 Å². The van der Waals surface area contributed by atoms with E-state index in [0.29, 0.717) is 43.8 Å². The standard InChI is InChI=1S/C31H37N5O3S2/c1-3-13-41(38,39)35-12-11-29(21(2)18-35)36-19-28(23-5-4-6-24(15-23)31(32)40)27-10-8-22(14-30(27)36)7-9-26(37)16-25-17-33-20-34-25/h4-6,8,10,14-15,17,19-21,29H,3,7,9,11-13,16,18H2,1-2H3,(H2,32,40)(H,33,34). The maximum Gasteiger partial charge on any atom is 0.214 e. The molecule has 2 aromatic carbocycles. The number of aryl methyl sites for hydroxylation is 1. The van der Waals surface area contributed by atoms with Crippen molar-refractivity contribution in [3.8, 4) is 11.1 Å². The molecule has 0 radical (unpaired) electrons. The van der Waals surface area contributed by atoms with Gasteiger partial charge in [0, 0.05) is 72.1 Å². The molecule has 1 aliphatic rings. The summed E-state index contributed by atoms with van der Waals surface area (Å²) in [6.07, 6.45) is 8.23. The van der Waals surface area contributed by atoms with E-state index in [1.807, 2.05) is 25.1 Å². The van der Waals surface area contributed by atoms with Gasteiger partial charge in [0.05, 0.1) is 12.1 Å². The van der Waals surface area contributed by atoms with Crippen molar-refractivity contribution in [1.82, 2.24) is 18.8 Å². The number of Topliss-reactive ketones (excluding diaryl/α,β-unsaturated/α-hetero) is 1. The summed E-state index contributed by atoms with van der Waals surface area (Å²) in [6, 6.07) is 14.5. The lowest BCUT2D eigenvalue weighted by Gasteiger charge is -2.37. The maximum atomic E-state index is 12.8. The molecule has 41 heavy (non-hydrogen) atoms. The number of ketones is 1. The molecule has 1 fully saturated rings. The average molecular weight is 592 g/mol. The molecule has 2 unspecified atom stereocenters. The number of imidazole rings is 1. The van der Waals surface area contributed by atoms with E-state index in [0.717, 1.165) is 45.3 Å². The Kier molecular flexibility index (Phi) is 8.72. The van der Waals surface area contributed by atoms with E-state index in [2.05, 4.69) is 51.9 Å². The van der Waals surface area contributed by atoms with Crippen LogP contribution in [0.2, 0.25) is 0 Å². The molecule has 216 valence electrons. The molecule has 2 aromatic heterocycles. The molecule has 10 heteroatoms. The second-order valence-corrected chi connectivity index (χ2v) is 13.6. The molecule has 0 amide bonds. The predicted molar refractivity (Wildman–Crippen MR) is 167 cm³/mol. The number of nitrogens with one attached hydrogen (secondary N) is 1. The van der Waals surface area contributed by atoms with Gasteiger partial charge in [-0.05, 0) is 48.4 Å². The van der Waals surface area contributed by atoms with Gasteiger partial charge >= 0.3 is 0 Å². The van der Waals surface area contributed by atoms with Crippen molar-refractivity contribution < 1.29 is 13.2 Å². The van der Waals surface area contributed by atoms with Crippen LogP contribution in [0.4, 0.5) is 0 Å². The van der Waals surface area contributed by atoms with Crippen LogP contribution in [0.5, 0.6) is 0 Å². The topological polar surface area (TPSA) is 114 Å². The number of H-pyrrole nitrogens is 1. The van der Waals surface area contributed by atoms with Crippen molar-refractivity contribution in [3.05, 3.63) is 78.0 Å². The number of aromatic amines is 1. The predicted octanol–water partition coefficient (Wildman–Crippen LogP) is 5.03. The van der Waals surface area contributed by atoms with Crippen molar-refractivity contribution in [1.29, 1.82) is 0 Å². The number of fused-ring (bicyclic) bond motifs is 1. The minimum atomic E-state index is -3.24. The monoisotopic (exact) mass is 591 g/mol. The lowest BCUT2D eigenvalue weighted by atomic mass is 9.94. The molecular weight excluding hydrogens is 555 g/mol. The molecular formula is C31H37N5O3S2. The number of nitrogens with two attached hydrogens (primary N) is 1. The summed E-state index contributed by atoms with van der Waals surface area (Å²) in [4.78, 5) is 20.0. The van der Waals surface area contributed by atoms with Gasteiger partial charge in [0.15, 0.2) is 0 Å². The van der Waals surface area contributed by atoms with E-state index in [1.54, 1.807) is 16.8 Å². The molecule has 5 rings (SSSR count). The zero-order valence-corrected chi connectivity index (χ0v) is 25.2. The number of nitrogens with zero attached hydrogens (tertiary/aromatic N) is 3. The van der Waals surface area contributed by atoms with Crippen LogP contribution in [-0.2, 0) is 27.7 Å². The summed E-state index contributed by atoms with van der Waals surface area (Å²) >= 11 is 5.24. The van der Waals surface area contributed by atoms with Gasteiger partial charge in [-0.1, -0.05) is 56.4 Å². The number of hydrogen-bond donors (Lipinski definition) is 2. The third-order valence-electron chi connectivity index (χ3n) is 8.03. The molecule has 0 saturated carbocycles. The Balaban J connectivity index is 1.48. The van der Waals surface area contributed by atoms with Crippen molar-refractivity contribution in [2.75, 3.05) is 18.8 Å². The lowest BCUT2D eigenvalue weighted by Crippen LogP contribution is -2.44. The second-order valence-electron chi connectivity index (χ2n) is 11.0. The van der Waals surface area contributed by atoms with E-state index >= 15 is 0 Å². The minimum Gasteiger partial charge on any atom is -0.389 e. The summed E-state index contributed by atoms with van der Waals surface area (Å²) in [6.45, 7) is 5.04. The van der Waals surface area contributed by atoms with Gasteiger partial charge in [-0.25, -0.2) is 17.7 Å². The van der Waals surface area contributed by atoms with Crippen LogP contribution in [0, 0.1) is 5.92 Å². The number of benzene rings is 2. The third-order valence-corrected chi connectivity index (χ3v) is 10.3. The largest absolute Gasteiger partial charge is 0.389 e. The highest BCUT2D eigenvalue weighted by Crippen LogP contribution is 2.38.